The van der Waals surface area contributed by atoms with E-state index in [0.717, 1.165) is 24.8 Å². The molecule has 0 radical (unpaired) electrons. The normalized spacial score (nSPS) is 24.9. The van der Waals surface area contributed by atoms with Crippen LogP contribution in [0.15, 0.2) is 23.1 Å². The van der Waals surface area contributed by atoms with Crippen molar-refractivity contribution >= 4 is 10.0 Å². The lowest BCUT2D eigenvalue weighted by Gasteiger charge is -2.26. The summed E-state index contributed by atoms with van der Waals surface area (Å²) in [5.74, 6) is 6.21. The summed E-state index contributed by atoms with van der Waals surface area (Å²) in [5, 5.41) is 0. The van der Waals surface area contributed by atoms with Crippen molar-refractivity contribution in [1.82, 2.24) is 4.31 Å². The molecule has 1 aromatic carbocycles. The van der Waals surface area contributed by atoms with E-state index in [1.54, 1.807) is 10.4 Å². The molecular formula is C16H20N2O2S. The van der Waals surface area contributed by atoms with Gasteiger partial charge in [0.2, 0.25) is 10.0 Å². The van der Waals surface area contributed by atoms with Crippen LogP contribution in [0.4, 0.5) is 0 Å². The van der Waals surface area contributed by atoms with Crippen LogP contribution in [-0.4, -0.2) is 31.9 Å². The SMILES string of the molecule is Cc1ccc(S(=O)(=O)N2CC3CCC2C3)c(C#CCN)c1. The highest BCUT2D eigenvalue weighted by Crippen LogP contribution is 2.40. The summed E-state index contributed by atoms with van der Waals surface area (Å²) < 4.78 is 27.6. The molecule has 1 aromatic rings. The molecule has 21 heavy (non-hydrogen) atoms. The molecule has 1 aliphatic heterocycles. The second kappa shape index (κ2) is 5.45. The van der Waals surface area contributed by atoms with Crippen molar-refractivity contribution in [3.8, 4) is 11.8 Å². The Morgan fingerprint density at radius 1 is 1.38 bits per heavy atom. The van der Waals surface area contributed by atoms with Gasteiger partial charge in [-0.05, 0) is 49.8 Å². The fourth-order valence-electron chi connectivity index (χ4n) is 3.41. The summed E-state index contributed by atoms with van der Waals surface area (Å²) in [6.07, 6.45) is 3.15. The number of rotatable bonds is 2. The van der Waals surface area contributed by atoms with Crippen molar-refractivity contribution in [2.24, 2.45) is 11.7 Å². The van der Waals surface area contributed by atoms with Crippen LogP contribution in [0.5, 0.6) is 0 Å². The maximum absolute atomic E-state index is 12.9. The van der Waals surface area contributed by atoms with Crippen molar-refractivity contribution in [3.63, 3.8) is 0 Å². The number of aryl methyl sites for hydroxylation is 1. The van der Waals surface area contributed by atoms with E-state index in [0.29, 0.717) is 22.9 Å². The van der Waals surface area contributed by atoms with Crippen LogP contribution >= 0.6 is 0 Å². The molecule has 4 nitrogen and oxygen atoms in total. The number of nitrogens with two attached hydrogens (primary N) is 1. The predicted molar refractivity (Wildman–Crippen MR) is 82.1 cm³/mol. The van der Waals surface area contributed by atoms with E-state index in [1.165, 1.54) is 0 Å². The monoisotopic (exact) mass is 304 g/mol. The first-order valence-corrected chi connectivity index (χ1v) is 8.78. The minimum absolute atomic E-state index is 0.177. The molecule has 0 spiro atoms. The third kappa shape index (κ3) is 2.59. The van der Waals surface area contributed by atoms with Gasteiger partial charge in [0.1, 0.15) is 0 Å². The Morgan fingerprint density at radius 3 is 2.81 bits per heavy atom. The zero-order chi connectivity index (χ0) is 15.0. The number of benzene rings is 1. The summed E-state index contributed by atoms with van der Waals surface area (Å²) in [5.41, 5.74) is 6.97. The smallest absolute Gasteiger partial charge is 0.244 e. The number of hydrogen-bond acceptors (Lipinski definition) is 3. The molecular weight excluding hydrogens is 284 g/mol. The van der Waals surface area contributed by atoms with Crippen molar-refractivity contribution in [1.29, 1.82) is 0 Å². The molecule has 112 valence electrons. The topological polar surface area (TPSA) is 63.4 Å². The van der Waals surface area contributed by atoms with Gasteiger partial charge in [0.15, 0.2) is 0 Å². The molecule has 2 unspecified atom stereocenters. The second-order valence-corrected chi connectivity index (χ2v) is 7.77. The molecule has 1 saturated heterocycles. The maximum Gasteiger partial charge on any atom is 0.244 e. The summed E-state index contributed by atoms with van der Waals surface area (Å²) in [4.78, 5) is 0.321. The largest absolute Gasteiger partial charge is 0.320 e. The van der Waals surface area contributed by atoms with Gasteiger partial charge >= 0.3 is 0 Å². The Balaban J connectivity index is 2.03. The van der Waals surface area contributed by atoms with Crippen LogP contribution in [0, 0.1) is 24.7 Å². The molecule has 2 fully saturated rings. The zero-order valence-electron chi connectivity index (χ0n) is 12.2. The third-order valence-corrected chi connectivity index (χ3v) is 6.38. The molecule has 0 amide bonds. The molecule has 2 bridgehead atoms. The van der Waals surface area contributed by atoms with E-state index < -0.39 is 10.0 Å². The van der Waals surface area contributed by atoms with Gasteiger partial charge < -0.3 is 5.73 Å². The lowest BCUT2D eigenvalue weighted by molar-refractivity contribution is 0.333. The van der Waals surface area contributed by atoms with Gasteiger partial charge in [0.25, 0.3) is 0 Å². The van der Waals surface area contributed by atoms with E-state index in [2.05, 4.69) is 11.8 Å². The quantitative estimate of drug-likeness (QED) is 0.842. The molecule has 2 aliphatic rings. The van der Waals surface area contributed by atoms with Crippen LogP contribution < -0.4 is 5.73 Å². The van der Waals surface area contributed by atoms with Gasteiger partial charge in [-0.1, -0.05) is 17.9 Å². The molecule has 2 atom stereocenters. The van der Waals surface area contributed by atoms with Crippen molar-refractivity contribution in [3.05, 3.63) is 29.3 Å². The first-order chi connectivity index (χ1) is 10.0. The molecule has 1 aliphatic carbocycles. The zero-order valence-corrected chi connectivity index (χ0v) is 13.0. The van der Waals surface area contributed by atoms with Gasteiger partial charge in [-0.15, -0.1) is 0 Å². The van der Waals surface area contributed by atoms with Crippen LogP contribution in [0.1, 0.15) is 30.4 Å². The van der Waals surface area contributed by atoms with E-state index >= 15 is 0 Å². The lowest BCUT2D eigenvalue weighted by atomic mass is 10.1. The number of sulfonamides is 1. The Labute approximate surface area is 126 Å². The highest BCUT2D eigenvalue weighted by atomic mass is 32.2. The third-order valence-electron chi connectivity index (χ3n) is 4.41. The molecule has 1 heterocycles. The summed E-state index contributed by atoms with van der Waals surface area (Å²) in [6.45, 7) is 2.81. The van der Waals surface area contributed by atoms with Gasteiger partial charge in [-0.2, -0.15) is 4.31 Å². The van der Waals surface area contributed by atoms with E-state index in [4.69, 9.17) is 5.73 Å². The summed E-state index contributed by atoms with van der Waals surface area (Å²) in [6, 6.07) is 5.51. The fourth-order valence-corrected chi connectivity index (χ4v) is 5.28. The first kappa shape index (κ1) is 14.6. The van der Waals surface area contributed by atoms with E-state index in [9.17, 15) is 8.42 Å². The van der Waals surface area contributed by atoms with Gasteiger partial charge in [-0.3, -0.25) is 0 Å². The van der Waals surface area contributed by atoms with Crippen molar-refractivity contribution in [2.75, 3.05) is 13.1 Å². The van der Waals surface area contributed by atoms with Crippen LogP contribution in [0.2, 0.25) is 0 Å². The minimum atomic E-state index is -3.46. The van der Waals surface area contributed by atoms with Crippen molar-refractivity contribution < 1.29 is 8.42 Å². The maximum atomic E-state index is 12.9. The molecule has 1 saturated carbocycles. The van der Waals surface area contributed by atoms with Crippen LogP contribution in [0.3, 0.4) is 0 Å². The minimum Gasteiger partial charge on any atom is -0.320 e. The van der Waals surface area contributed by atoms with Crippen molar-refractivity contribution in [2.45, 2.75) is 37.1 Å². The van der Waals surface area contributed by atoms with Crippen LogP contribution in [0.25, 0.3) is 0 Å². The highest BCUT2D eigenvalue weighted by Gasteiger charge is 2.44. The Morgan fingerprint density at radius 2 is 2.19 bits per heavy atom. The molecule has 3 rings (SSSR count). The summed E-state index contributed by atoms with van der Waals surface area (Å²) in [7, 11) is -3.46. The summed E-state index contributed by atoms with van der Waals surface area (Å²) >= 11 is 0. The Bertz CT molecular complexity index is 716. The van der Waals surface area contributed by atoms with Crippen LogP contribution in [-0.2, 0) is 10.0 Å². The number of piperidine rings is 1. The lowest BCUT2D eigenvalue weighted by Crippen LogP contribution is -2.37. The Kier molecular flexibility index (Phi) is 3.78. The van der Waals surface area contributed by atoms with Gasteiger partial charge in [0, 0.05) is 18.2 Å². The fraction of sp³-hybridized carbons (Fsp3) is 0.500. The number of hydrogen-bond donors (Lipinski definition) is 1. The van der Waals surface area contributed by atoms with Gasteiger partial charge in [-0.25, -0.2) is 8.42 Å². The predicted octanol–water partition coefficient (Wildman–Crippen LogP) is 1.48. The second-order valence-electron chi connectivity index (χ2n) is 5.91. The average Bonchev–Trinajstić information content (AvgIpc) is 3.07. The molecule has 0 aromatic heterocycles. The Hall–Kier alpha value is -1.35. The van der Waals surface area contributed by atoms with E-state index in [1.807, 2.05) is 19.1 Å². The number of fused-ring (bicyclic) bond motifs is 2. The van der Waals surface area contributed by atoms with E-state index in [-0.39, 0.29) is 12.6 Å². The molecule has 2 N–H and O–H groups in total. The average molecular weight is 304 g/mol. The first-order valence-electron chi connectivity index (χ1n) is 7.34. The van der Waals surface area contributed by atoms with Gasteiger partial charge in [0.05, 0.1) is 11.4 Å². The highest BCUT2D eigenvalue weighted by molar-refractivity contribution is 7.89. The number of nitrogens with zero attached hydrogens (tertiary/aromatic N) is 1. The standard InChI is InChI=1S/C16H20N2O2S/c1-12-4-7-16(14(9-12)3-2-8-17)21(19,20)18-11-13-5-6-15(18)10-13/h4,7,9,13,15H,5-6,8,10-11,17H2,1H3. The molecule has 5 heteroatoms.